The van der Waals surface area contributed by atoms with Gasteiger partial charge >= 0.3 is 0 Å². The van der Waals surface area contributed by atoms with E-state index in [2.05, 4.69) is 16.2 Å². The Morgan fingerprint density at radius 1 is 0.938 bits per heavy atom. The molecule has 0 aliphatic carbocycles. The minimum atomic E-state index is -0.659. The van der Waals surface area contributed by atoms with Crippen LogP contribution in [0.2, 0.25) is 0 Å². The molecule has 162 valence electrons. The van der Waals surface area contributed by atoms with Crippen molar-refractivity contribution in [2.75, 3.05) is 6.61 Å². The van der Waals surface area contributed by atoms with Crippen LogP contribution in [0.1, 0.15) is 10.4 Å². The molecule has 0 fully saturated rings. The highest BCUT2D eigenvalue weighted by atomic mass is 32.1. The van der Waals surface area contributed by atoms with Crippen LogP contribution in [0.25, 0.3) is 11.1 Å². The van der Waals surface area contributed by atoms with E-state index in [9.17, 15) is 19.7 Å². The number of para-hydroxylation sites is 1. The average molecular weight is 450 g/mol. The molecule has 32 heavy (non-hydrogen) atoms. The molecule has 0 unspecified atom stereocenters. The SMILES string of the molecule is O=C(COc1ccccc1-c1ccccc1)NNC(=S)NC(=O)c1cccc([N+](=O)[O-])c1. The quantitative estimate of drug-likeness (QED) is 0.300. The Balaban J connectivity index is 1.49. The van der Waals surface area contributed by atoms with Crippen molar-refractivity contribution in [2.24, 2.45) is 0 Å². The number of carbonyl (C=O) groups excluding carboxylic acids is 2. The summed E-state index contributed by atoms with van der Waals surface area (Å²) in [5, 5.41) is 13.0. The summed E-state index contributed by atoms with van der Waals surface area (Å²) >= 11 is 4.96. The molecule has 0 saturated carbocycles. The molecular formula is C22H18N4O5S. The molecule has 0 heterocycles. The van der Waals surface area contributed by atoms with E-state index in [1.54, 1.807) is 12.1 Å². The highest BCUT2D eigenvalue weighted by Gasteiger charge is 2.13. The molecule has 0 aromatic heterocycles. The number of nitro benzene ring substituents is 1. The molecule has 0 spiro atoms. The van der Waals surface area contributed by atoms with Gasteiger partial charge in [0.25, 0.3) is 17.5 Å². The summed E-state index contributed by atoms with van der Waals surface area (Å²) in [5.74, 6) is -0.649. The number of nitro groups is 1. The third-order valence-corrected chi connectivity index (χ3v) is 4.40. The van der Waals surface area contributed by atoms with Crippen LogP contribution in [0.15, 0.2) is 78.9 Å². The topological polar surface area (TPSA) is 123 Å². The van der Waals surface area contributed by atoms with E-state index in [0.717, 1.165) is 17.2 Å². The van der Waals surface area contributed by atoms with E-state index >= 15 is 0 Å². The van der Waals surface area contributed by atoms with Crippen molar-refractivity contribution in [3.05, 3.63) is 94.5 Å². The van der Waals surface area contributed by atoms with Crippen LogP contribution in [0.4, 0.5) is 5.69 Å². The summed E-state index contributed by atoms with van der Waals surface area (Å²) in [6, 6.07) is 22.1. The van der Waals surface area contributed by atoms with Crippen molar-refractivity contribution >= 4 is 34.8 Å². The highest BCUT2D eigenvalue weighted by Crippen LogP contribution is 2.29. The zero-order chi connectivity index (χ0) is 22.9. The smallest absolute Gasteiger partial charge is 0.276 e. The lowest BCUT2D eigenvalue weighted by Gasteiger charge is -2.13. The summed E-state index contributed by atoms with van der Waals surface area (Å²) in [6.07, 6.45) is 0. The molecule has 3 aromatic carbocycles. The fourth-order valence-electron chi connectivity index (χ4n) is 2.72. The minimum absolute atomic E-state index is 0.0514. The van der Waals surface area contributed by atoms with Gasteiger partial charge < -0.3 is 4.74 Å². The lowest BCUT2D eigenvalue weighted by molar-refractivity contribution is -0.384. The molecule has 0 aliphatic rings. The van der Waals surface area contributed by atoms with Gasteiger partial charge in [0.15, 0.2) is 11.7 Å². The Bertz CT molecular complexity index is 1150. The number of nitrogens with zero attached hydrogens (tertiary/aromatic N) is 1. The number of hydrazine groups is 1. The average Bonchev–Trinajstić information content (AvgIpc) is 2.82. The number of amides is 2. The minimum Gasteiger partial charge on any atom is -0.483 e. The van der Waals surface area contributed by atoms with Crippen molar-refractivity contribution in [3.63, 3.8) is 0 Å². The summed E-state index contributed by atoms with van der Waals surface area (Å²) < 4.78 is 5.63. The van der Waals surface area contributed by atoms with E-state index in [1.165, 1.54) is 18.2 Å². The number of carbonyl (C=O) groups is 2. The van der Waals surface area contributed by atoms with Crippen molar-refractivity contribution < 1.29 is 19.2 Å². The molecule has 0 radical (unpaired) electrons. The Hall–Kier alpha value is -4.31. The lowest BCUT2D eigenvalue weighted by atomic mass is 10.1. The Morgan fingerprint density at radius 2 is 1.66 bits per heavy atom. The molecular weight excluding hydrogens is 432 g/mol. The van der Waals surface area contributed by atoms with E-state index < -0.39 is 16.7 Å². The molecule has 3 N–H and O–H groups in total. The lowest BCUT2D eigenvalue weighted by Crippen LogP contribution is -2.49. The Labute approximate surface area is 188 Å². The number of rotatable bonds is 6. The molecule has 0 saturated heterocycles. The van der Waals surface area contributed by atoms with Gasteiger partial charge in [-0.05, 0) is 29.9 Å². The predicted octanol–water partition coefficient (Wildman–Crippen LogP) is 2.98. The molecule has 2 amide bonds. The number of ether oxygens (including phenoxy) is 1. The van der Waals surface area contributed by atoms with Crippen LogP contribution in [0.3, 0.4) is 0 Å². The van der Waals surface area contributed by atoms with Crippen molar-refractivity contribution in [1.82, 2.24) is 16.2 Å². The van der Waals surface area contributed by atoms with Gasteiger partial charge in [-0.2, -0.15) is 0 Å². The zero-order valence-electron chi connectivity index (χ0n) is 16.6. The largest absolute Gasteiger partial charge is 0.483 e. The van der Waals surface area contributed by atoms with E-state index in [4.69, 9.17) is 17.0 Å². The van der Waals surface area contributed by atoms with Crippen LogP contribution in [-0.2, 0) is 4.79 Å². The first-order valence-corrected chi connectivity index (χ1v) is 9.77. The maximum Gasteiger partial charge on any atom is 0.276 e. The third kappa shape index (κ3) is 6.09. The second kappa shape index (κ2) is 10.6. The Kier molecular flexibility index (Phi) is 7.44. The van der Waals surface area contributed by atoms with Gasteiger partial charge in [0.2, 0.25) is 0 Å². The molecule has 0 aliphatic heterocycles. The van der Waals surface area contributed by atoms with Gasteiger partial charge in [-0.25, -0.2) is 0 Å². The molecule has 9 nitrogen and oxygen atoms in total. The Morgan fingerprint density at radius 3 is 2.41 bits per heavy atom. The fourth-order valence-corrected chi connectivity index (χ4v) is 2.87. The van der Waals surface area contributed by atoms with Gasteiger partial charge in [-0.15, -0.1) is 0 Å². The number of nitrogens with one attached hydrogen (secondary N) is 3. The number of benzene rings is 3. The number of thiocarbonyl (C=S) groups is 1. The predicted molar refractivity (Wildman–Crippen MR) is 122 cm³/mol. The number of non-ortho nitro benzene ring substituents is 1. The van der Waals surface area contributed by atoms with Gasteiger partial charge in [0, 0.05) is 23.3 Å². The fraction of sp³-hybridized carbons (Fsp3) is 0.0455. The van der Waals surface area contributed by atoms with Crippen LogP contribution in [-0.4, -0.2) is 28.5 Å². The van der Waals surface area contributed by atoms with Crippen LogP contribution < -0.4 is 20.9 Å². The van der Waals surface area contributed by atoms with Crippen molar-refractivity contribution in [2.45, 2.75) is 0 Å². The van der Waals surface area contributed by atoms with Crippen LogP contribution >= 0.6 is 12.2 Å². The van der Waals surface area contributed by atoms with Crippen molar-refractivity contribution in [3.8, 4) is 16.9 Å². The standard InChI is InChI=1S/C22H18N4O5S/c27-20(14-31-19-12-5-4-11-18(19)15-7-2-1-3-8-15)24-25-22(32)23-21(28)16-9-6-10-17(13-16)26(29)30/h1-13H,14H2,(H,24,27)(H2,23,25,28,32). The second-order valence-electron chi connectivity index (χ2n) is 6.41. The molecule has 0 bridgehead atoms. The molecule has 0 atom stereocenters. The van der Waals surface area contributed by atoms with Crippen molar-refractivity contribution in [1.29, 1.82) is 0 Å². The number of hydrogen-bond acceptors (Lipinski definition) is 6. The number of hydrogen-bond donors (Lipinski definition) is 3. The maximum atomic E-state index is 12.2. The highest BCUT2D eigenvalue weighted by molar-refractivity contribution is 7.80. The molecule has 3 rings (SSSR count). The van der Waals surface area contributed by atoms with E-state index in [1.807, 2.05) is 42.5 Å². The summed E-state index contributed by atoms with van der Waals surface area (Å²) in [4.78, 5) is 34.5. The van der Waals surface area contributed by atoms with Gasteiger partial charge in [0.05, 0.1) is 4.92 Å². The van der Waals surface area contributed by atoms with Gasteiger partial charge in [-0.1, -0.05) is 54.6 Å². The first-order valence-electron chi connectivity index (χ1n) is 9.36. The summed E-state index contributed by atoms with van der Waals surface area (Å²) in [7, 11) is 0. The van der Waals surface area contributed by atoms with E-state index in [0.29, 0.717) is 5.75 Å². The third-order valence-electron chi connectivity index (χ3n) is 4.19. The molecule has 3 aromatic rings. The molecule has 10 heteroatoms. The zero-order valence-corrected chi connectivity index (χ0v) is 17.4. The van der Waals surface area contributed by atoms with E-state index in [-0.39, 0.29) is 23.0 Å². The van der Waals surface area contributed by atoms with Gasteiger partial charge in [0.1, 0.15) is 5.75 Å². The van der Waals surface area contributed by atoms with Crippen LogP contribution in [0.5, 0.6) is 5.75 Å². The summed E-state index contributed by atoms with van der Waals surface area (Å²) in [5.41, 5.74) is 6.33. The second-order valence-corrected chi connectivity index (χ2v) is 6.82. The summed E-state index contributed by atoms with van der Waals surface area (Å²) in [6.45, 7) is -0.293. The van der Waals surface area contributed by atoms with Crippen LogP contribution in [0, 0.1) is 10.1 Å². The maximum absolute atomic E-state index is 12.2. The van der Waals surface area contributed by atoms with Gasteiger partial charge in [-0.3, -0.25) is 35.9 Å². The monoisotopic (exact) mass is 450 g/mol. The normalized spacial score (nSPS) is 10.0. The first-order chi connectivity index (χ1) is 15.4. The first kappa shape index (κ1) is 22.4.